The monoisotopic (exact) mass is 320 g/mol. The molecule has 1 aromatic heterocycles. The van der Waals surface area contributed by atoms with Gasteiger partial charge in [0.2, 0.25) is 10.0 Å². The molecule has 0 unspecified atom stereocenters. The van der Waals surface area contributed by atoms with Crippen LogP contribution in [0.5, 0.6) is 0 Å². The molecule has 1 heterocycles. The van der Waals surface area contributed by atoms with Crippen molar-refractivity contribution in [3.8, 4) is 0 Å². The average Bonchev–Trinajstić information content (AvgIpc) is 2.76. The Morgan fingerprint density at radius 1 is 1.45 bits per heavy atom. The van der Waals surface area contributed by atoms with E-state index < -0.39 is 10.0 Å². The summed E-state index contributed by atoms with van der Waals surface area (Å²) in [4.78, 5) is 2.90. The van der Waals surface area contributed by atoms with E-state index in [-0.39, 0.29) is 11.5 Å². The zero-order chi connectivity index (χ0) is 15.3. The van der Waals surface area contributed by atoms with Crippen LogP contribution in [0.3, 0.4) is 0 Å². The summed E-state index contributed by atoms with van der Waals surface area (Å²) < 4.78 is 27.1. The number of nitrogens with one attached hydrogen (secondary N) is 1. The van der Waals surface area contributed by atoms with Gasteiger partial charge in [-0.3, -0.25) is 0 Å². The van der Waals surface area contributed by atoms with Crippen molar-refractivity contribution in [1.82, 2.24) is 9.62 Å². The maximum absolute atomic E-state index is 12.2. The molecule has 0 radical (unpaired) electrons. The lowest BCUT2D eigenvalue weighted by Crippen LogP contribution is -2.31. The number of sulfonamides is 1. The van der Waals surface area contributed by atoms with Crippen LogP contribution in [0.1, 0.15) is 30.7 Å². The third-order valence-electron chi connectivity index (χ3n) is 3.26. The second-order valence-electron chi connectivity index (χ2n) is 5.15. The van der Waals surface area contributed by atoms with Crippen LogP contribution in [0.4, 0.5) is 0 Å². The van der Waals surface area contributed by atoms with Crippen LogP contribution in [-0.2, 0) is 16.6 Å². The van der Waals surface area contributed by atoms with E-state index in [9.17, 15) is 13.5 Å². The summed E-state index contributed by atoms with van der Waals surface area (Å²) in [6.45, 7) is 6.95. The summed E-state index contributed by atoms with van der Waals surface area (Å²) in [5.41, 5.74) is 0.686. The van der Waals surface area contributed by atoms with E-state index in [1.807, 2.05) is 7.05 Å². The summed E-state index contributed by atoms with van der Waals surface area (Å²) in [5, 5.41) is 11.0. The molecular formula is C13H24N2O3S2. The van der Waals surface area contributed by atoms with Crippen LogP contribution in [0.2, 0.25) is 0 Å². The van der Waals surface area contributed by atoms with E-state index in [2.05, 4.69) is 23.5 Å². The van der Waals surface area contributed by atoms with Crippen LogP contribution in [-0.4, -0.2) is 44.6 Å². The van der Waals surface area contributed by atoms with Crippen molar-refractivity contribution < 1.29 is 13.5 Å². The van der Waals surface area contributed by atoms with Gasteiger partial charge in [0.15, 0.2) is 0 Å². The number of hydrogen-bond acceptors (Lipinski definition) is 5. The van der Waals surface area contributed by atoms with E-state index in [0.29, 0.717) is 23.0 Å². The molecule has 0 bridgehead atoms. The Labute approximate surface area is 125 Å². The third-order valence-corrected chi connectivity index (χ3v) is 6.17. The highest BCUT2D eigenvalue weighted by Gasteiger charge is 2.22. The molecule has 0 saturated carbocycles. The van der Waals surface area contributed by atoms with Gasteiger partial charge >= 0.3 is 0 Å². The smallest absolute Gasteiger partial charge is 0.242 e. The molecule has 20 heavy (non-hydrogen) atoms. The van der Waals surface area contributed by atoms with Gasteiger partial charge in [-0.25, -0.2) is 13.1 Å². The molecule has 0 aromatic carbocycles. The highest BCUT2D eigenvalue weighted by Crippen LogP contribution is 2.26. The molecule has 0 aliphatic heterocycles. The maximum Gasteiger partial charge on any atom is 0.242 e. The zero-order valence-electron chi connectivity index (χ0n) is 12.5. The standard InChI is InChI=1S/C13H24N2O3S2/c1-10(2)15(4)7-5-6-14-20(17,18)13-11(3)9-19-12(13)8-16/h9-10,14,16H,5-8H2,1-4H3. The van der Waals surface area contributed by atoms with Gasteiger partial charge in [-0.05, 0) is 51.7 Å². The molecule has 0 spiro atoms. The van der Waals surface area contributed by atoms with Gasteiger partial charge in [0.25, 0.3) is 0 Å². The molecule has 1 rings (SSSR count). The number of thiophene rings is 1. The number of hydrogen-bond donors (Lipinski definition) is 2. The van der Waals surface area contributed by atoms with Crippen molar-refractivity contribution in [2.45, 2.75) is 44.7 Å². The van der Waals surface area contributed by atoms with Crippen molar-refractivity contribution in [2.24, 2.45) is 0 Å². The summed E-state index contributed by atoms with van der Waals surface area (Å²) in [6, 6.07) is 0.451. The molecular weight excluding hydrogens is 296 g/mol. The zero-order valence-corrected chi connectivity index (χ0v) is 14.1. The summed E-state index contributed by atoms with van der Waals surface area (Å²) >= 11 is 1.27. The van der Waals surface area contributed by atoms with Gasteiger partial charge in [0.05, 0.1) is 11.5 Å². The SMILES string of the molecule is Cc1csc(CO)c1S(=O)(=O)NCCCN(C)C(C)C. The fourth-order valence-corrected chi connectivity index (χ4v) is 4.55. The Kier molecular flexibility index (Phi) is 6.60. The second kappa shape index (κ2) is 7.51. The van der Waals surface area contributed by atoms with E-state index in [1.165, 1.54) is 11.3 Å². The molecule has 0 aliphatic carbocycles. The van der Waals surface area contributed by atoms with Crippen LogP contribution in [0, 0.1) is 6.92 Å². The normalized spacial score (nSPS) is 12.6. The summed E-state index contributed by atoms with van der Waals surface area (Å²) in [6.07, 6.45) is 0.756. The van der Waals surface area contributed by atoms with Gasteiger partial charge in [-0.2, -0.15) is 0 Å². The summed E-state index contributed by atoms with van der Waals surface area (Å²) in [7, 11) is -1.51. The topological polar surface area (TPSA) is 69.6 Å². The van der Waals surface area contributed by atoms with Crippen LogP contribution < -0.4 is 4.72 Å². The molecule has 0 atom stereocenters. The van der Waals surface area contributed by atoms with Gasteiger partial charge < -0.3 is 10.0 Å². The van der Waals surface area contributed by atoms with E-state index >= 15 is 0 Å². The van der Waals surface area contributed by atoms with Crippen molar-refractivity contribution in [3.63, 3.8) is 0 Å². The van der Waals surface area contributed by atoms with E-state index in [0.717, 1.165) is 13.0 Å². The molecule has 0 fully saturated rings. The fraction of sp³-hybridized carbons (Fsp3) is 0.692. The van der Waals surface area contributed by atoms with Gasteiger partial charge in [-0.1, -0.05) is 0 Å². The van der Waals surface area contributed by atoms with E-state index in [1.54, 1.807) is 12.3 Å². The summed E-state index contributed by atoms with van der Waals surface area (Å²) in [5.74, 6) is 0. The first-order valence-electron chi connectivity index (χ1n) is 6.67. The number of aryl methyl sites for hydroxylation is 1. The van der Waals surface area contributed by atoms with Crippen molar-refractivity contribution in [3.05, 3.63) is 15.8 Å². The minimum Gasteiger partial charge on any atom is -0.391 e. The minimum atomic E-state index is -3.53. The first-order valence-corrected chi connectivity index (χ1v) is 9.03. The molecule has 116 valence electrons. The van der Waals surface area contributed by atoms with Gasteiger partial charge in [0.1, 0.15) is 4.90 Å². The van der Waals surface area contributed by atoms with Gasteiger partial charge in [-0.15, -0.1) is 11.3 Å². The van der Waals surface area contributed by atoms with Crippen LogP contribution >= 0.6 is 11.3 Å². The van der Waals surface area contributed by atoms with Crippen molar-refractivity contribution in [1.29, 1.82) is 0 Å². The fourth-order valence-electron chi connectivity index (χ4n) is 1.82. The Balaban J connectivity index is 2.60. The Hall–Kier alpha value is -0.470. The molecule has 0 aliphatic rings. The Morgan fingerprint density at radius 2 is 2.10 bits per heavy atom. The number of nitrogens with zero attached hydrogens (tertiary/aromatic N) is 1. The molecule has 1 aromatic rings. The molecule has 7 heteroatoms. The van der Waals surface area contributed by atoms with Crippen LogP contribution in [0.25, 0.3) is 0 Å². The predicted molar refractivity (Wildman–Crippen MR) is 82.6 cm³/mol. The number of aliphatic hydroxyl groups excluding tert-OH is 1. The van der Waals surface area contributed by atoms with Crippen LogP contribution in [0.15, 0.2) is 10.3 Å². The molecule has 5 nitrogen and oxygen atoms in total. The van der Waals surface area contributed by atoms with Crippen molar-refractivity contribution >= 4 is 21.4 Å². The maximum atomic E-state index is 12.2. The number of aliphatic hydroxyl groups is 1. The third kappa shape index (κ3) is 4.53. The Bertz CT molecular complexity index is 524. The first kappa shape index (κ1) is 17.6. The largest absolute Gasteiger partial charge is 0.391 e. The highest BCUT2D eigenvalue weighted by molar-refractivity contribution is 7.89. The van der Waals surface area contributed by atoms with Crippen molar-refractivity contribution in [2.75, 3.05) is 20.1 Å². The number of rotatable bonds is 8. The average molecular weight is 320 g/mol. The minimum absolute atomic E-state index is 0.238. The Morgan fingerprint density at radius 3 is 2.65 bits per heavy atom. The molecule has 0 amide bonds. The molecule has 2 N–H and O–H groups in total. The lowest BCUT2D eigenvalue weighted by molar-refractivity contribution is 0.271. The quantitative estimate of drug-likeness (QED) is 0.713. The lowest BCUT2D eigenvalue weighted by Gasteiger charge is -2.20. The lowest BCUT2D eigenvalue weighted by atomic mass is 10.3. The highest BCUT2D eigenvalue weighted by atomic mass is 32.2. The first-order chi connectivity index (χ1) is 9.29. The van der Waals surface area contributed by atoms with Gasteiger partial charge in [0, 0.05) is 12.6 Å². The van der Waals surface area contributed by atoms with E-state index in [4.69, 9.17) is 0 Å². The second-order valence-corrected chi connectivity index (χ2v) is 7.82. The molecule has 0 saturated heterocycles. The predicted octanol–water partition coefficient (Wildman–Crippen LogP) is 1.56.